The molecule has 0 unspecified atom stereocenters. The number of nitrogens with two attached hydrogens (primary N) is 1. The molecule has 0 atom stereocenters. The Balaban J connectivity index is 2.29. The van der Waals surface area contributed by atoms with E-state index in [1.54, 1.807) is 0 Å². The van der Waals surface area contributed by atoms with Gasteiger partial charge in [-0.15, -0.1) is 0 Å². The first-order chi connectivity index (χ1) is 8.97. The molecule has 0 radical (unpaired) electrons. The predicted octanol–water partition coefficient (Wildman–Crippen LogP) is 5.08. The second-order valence-corrected chi connectivity index (χ2v) is 6.70. The molecule has 0 bridgehead atoms. The van der Waals surface area contributed by atoms with Crippen LogP contribution in [0.15, 0.2) is 40.9 Å². The molecule has 0 saturated carbocycles. The SMILES string of the molecule is NC(=S)c1ccc(Nc2ccc(Cl)cc2I)cc1Br. The molecule has 0 aliphatic carbocycles. The molecule has 0 aliphatic heterocycles. The van der Waals surface area contributed by atoms with E-state index >= 15 is 0 Å². The third kappa shape index (κ3) is 3.81. The maximum absolute atomic E-state index is 5.93. The average molecular weight is 468 g/mol. The Labute approximate surface area is 144 Å². The van der Waals surface area contributed by atoms with E-state index < -0.39 is 0 Å². The first-order valence-electron chi connectivity index (χ1n) is 5.29. The smallest absolute Gasteiger partial charge is 0.105 e. The summed E-state index contributed by atoms with van der Waals surface area (Å²) in [5, 5.41) is 4.05. The number of anilines is 2. The molecule has 2 aromatic carbocycles. The van der Waals surface area contributed by atoms with E-state index in [9.17, 15) is 0 Å². The van der Waals surface area contributed by atoms with Crippen molar-refractivity contribution in [2.75, 3.05) is 5.32 Å². The van der Waals surface area contributed by atoms with Gasteiger partial charge in [0.25, 0.3) is 0 Å². The second-order valence-electron chi connectivity index (χ2n) is 3.81. The first-order valence-corrected chi connectivity index (χ1v) is 7.94. The van der Waals surface area contributed by atoms with Crippen LogP contribution in [0, 0.1) is 3.57 Å². The molecule has 2 rings (SSSR count). The van der Waals surface area contributed by atoms with Crippen molar-refractivity contribution in [3.8, 4) is 0 Å². The lowest BCUT2D eigenvalue weighted by molar-refractivity contribution is 1.49. The zero-order valence-electron chi connectivity index (χ0n) is 9.58. The van der Waals surface area contributed by atoms with Crippen LogP contribution in [-0.4, -0.2) is 4.99 Å². The molecule has 2 nitrogen and oxygen atoms in total. The summed E-state index contributed by atoms with van der Waals surface area (Å²) in [6, 6.07) is 11.5. The molecule has 19 heavy (non-hydrogen) atoms. The van der Waals surface area contributed by atoms with Crippen LogP contribution in [0.5, 0.6) is 0 Å². The van der Waals surface area contributed by atoms with Crippen molar-refractivity contribution in [2.24, 2.45) is 5.73 Å². The van der Waals surface area contributed by atoms with E-state index in [2.05, 4.69) is 43.8 Å². The monoisotopic (exact) mass is 466 g/mol. The zero-order valence-corrected chi connectivity index (χ0v) is 14.9. The number of hydrogen-bond donors (Lipinski definition) is 2. The molecule has 98 valence electrons. The molecule has 0 aliphatic rings. The van der Waals surface area contributed by atoms with Gasteiger partial charge < -0.3 is 11.1 Å². The van der Waals surface area contributed by atoms with E-state index in [1.807, 2.05) is 36.4 Å². The van der Waals surface area contributed by atoms with Gasteiger partial charge in [0, 0.05) is 24.3 Å². The third-order valence-electron chi connectivity index (χ3n) is 2.44. The Morgan fingerprint density at radius 1 is 1.26 bits per heavy atom. The van der Waals surface area contributed by atoms with Crippen LogP contribution < -0.4 is 11.1 Å². The number of halogens is 3. The Morgan fingerprint density at radius 3 is 2.58 bits per heavy atom. The van der Waals surface area contributed by atoms with Gasteiger partial charge >= 0.3 is 0 Å². The minimum absolute atomic E-state index is 0.375. The molecule has 0 fully saturated rings. The molecular weight excluding hydrogens is 458 g/mol. The Hall–Kier alpha value is -0.370. The highest BCUT2D eigenvalue weighted by Crippen LogP contribution is 2.28. The lowest BCUT2D eigenvalue weighted by Crippen LogP contribution is -2.10. The van der Waals surface area contributed by atoms with Crippen molar-refractivity contribution in [2.45, 2.75) is 0 Å². The van der Waals surface area contributed by atoms with Crippen LogP contribution in [0.2, 0.25) is 5.02 Å². The van der Waals surface area contributed by atoms with E-state index in [1.165, 1.54) is 0 Å². The van der Waals surface area contributed by atoms with Crippen molar-refractivity contribution < 1.29 is 0 Å². The standard InChI is InChI=1S/C13H9BrClIN2S/c14-10-6-8(2-3-9(10)13(17)19)18-12-4-1-7(15)5-11(12)16/h1-6,18H,(H2,17,19). The van der Waals surface area contributed by atoms with Crippen LogP contribution >= 0.6 is 62.3 Å². The summed E-state index contributed by atoms with van der Waals surface area (Å²) in [5.74, 6) is 0. The highest BCUT2D eigenvalue weighted by Gasteiger charge is 2.06. The number of rotatable bonds is 3. The predicted molar refractivity (Wildman–Crippen MR) is 97.5 cm³/mol. The number of nitrogens with one attached hydrogen (secondary N) is 1. The molecule has 0 amide bonds. The van der Waals surface area contributed by atoms with Crippen LogP contribution in [-0.2, 0) is 0 Å². The minimum atomic E-state index is 0.375. The van der Waals surface area contributed by atoms with Gasteiger partial charge in [-0.05, 0) is 74.9 Å². The van der Waals surface area contributed by atoms with Gasteiger partial charge in [-0.3, -0.25) is 0 Å². The lowest BCUT2D eigenvalue weighted by atomic mass is 10.2. The fraction of sp³-hybridized carbons (Fsp3) is 0. The quantitative estimate of drug-likeness (QED) is 0.488. The highest BCUT2D eigenvalue weighted by atomic mass is 127. The summed E-state index contributed by atoms with van der Waals surface area (Å²) >= 11 is 16.6. The molecule has 0 spiro atoms. The summed E-state index contributed by atoms with van der Waals surface area (Å²) in [5.41, 5.74) is 8.40. The van der Waals surface area contributed by atoms with E-state index in [0.717, 1.165) is 30.0 Å². The van der Waals surface area contributed by atoms with Crippen molar-refractivity contribution in [1.82, 2.24) is 0 Å². The van der Waals surface area contributed by atoms with Crippen molar-refractivity contribution in [3.05, 3.63) is 55.0 Å². The Kier molecular flexibility index (Phi) is 5.05. The summed E-state index contributed by atoms with van der Waals surface area (Å²) < 4.78 is 1.92. The topological polar surface area (TPSA) is 38.0 Å². The normalized spacial score (nSPS) is 10.3. The maximum atomic E-state index is 5.93. The number of hydrogen-bond acceptors (Lipinski definition) is 2. The van der Waals surface area contributed by atoms with Gasteiger partial charge in [-0.25, -0.2) is 0 Å². The third-order valence-corrected chi connectivity index (χ3v) is 4.45. The van der Waals surface area contributed by atoms with Crippen LogP contribution in [0.25, 0.3) is 0 Å². The second kappa shape index (κ2) is 6.39. The van der Waals surface area contributed by atoms with E-state index in [0.29, 0.717) is 4.99 Å². The molecule has 0 saturated heterocycles. The van der Waals surface area contributed by atoms with Crippen molar-refractivity contribution >= 4 is 78.7 Å². The molecule has 2 aromatic rings. The van der Waals surface area contributed by atoms with Crippen molar-refractivity contribution in [1.29, 1.82) is 0 Å². The molecule has 6 heteroatoms. The Morgan fingerprint density at radius 2 is 2.00 bits per heavy atom. The minimum Gasteiger partial charge on any atom is -0.389 e. The number of benzene rings is 2. The van der Waals surface area contributed by atoms with Gasteiger partial charge in [0.2, 0.25) is 0 Å². The fourth-order valence-corrected chi connectivity index (χ4v) is 3.45. The molecule has 3 N–H and O–H groups in total. The average Bonchev–Trinajstić information content (AvgIpc) is 2.32. The van der Waals surface area contributed by atoms with Crippen molar-refractivity contribution in [3.63, 3.8) is 0 Å². The molecule has 0 aromatic heterocycles. The first kappa shape index (κ1) is 15.0. The lowest BCUT2D eigenvalue weighted by Gasteiger charge is -2.11. The van der Waals surface area contributed by atoms with E-state index in [4.69, 9.17) is 29.6 Å². The van der Waals surface area contributed by atoms with Gasteiger partial charge in [-0.1, -0.05) is 23.8 Å². The van der Waals surface area contributed by atoms with Crippen LogP contribution in [0.4, 0.5) is 11.4 Å². The van der Waals surface area contributed by atoms with Gasteiger partial charge in [-0.2, -0.15) is 0 Å². The van der Waals surface area contributed by atoms with Gasteiger partial charge in [0.15, 0.2) is 0 Å². The summed E-state index contributed by atoms with van der Waals surface area (Å²) in [6.45, 7) is 0. The fourth-order valence-electron chi connectivity index (χ4n) is 1.54. The largest absolute Gasteiger partial charge is 0.389 e. The summed E-state index contributed by atoms with van der Waals surface area (Å²) in [4.78, 5) is 0.375. The van der Waals surface area contributed by atoms with Crippen LogP contribution in [0.3, 0.4) is 0 Å². The maximum Gasteiger partial charge on any atom is 0.105 e. The highest BCUT2D eigenvalue weighted by molar-refractivity contribution is 14.1. The summed E-state index contributed by atoms with van der Waals surface area (Å²) in [7, 11) is 0. The van der Waals surface area contributed by atoms with Crippen LogP contribution in [0.1, 0.15) is 5.56 Å². The zero-order chi connectivity index (χ0) is 14.0. The Bertz CT molecular complexity index is 649. The number of thiocarbonyl (C=S) groups is 1. The summed E-state index contributed by atoms with van der Waals surface area (Å²) in [6.07, 6.45) is 0. The van der Waals surface area contributed by atoms with E-state index in [-0.39, 0.29) is 0 Å². The van der Waals surface area contributed by atoms with Gasteiger partial charge in [0.1, 0.15) is 4.99 Å². The van der Waals surface area contributed by atoms with Gasteiger partial charge in [0.05, 0.1) is 5.69 Å². The molecular formula is C13H9BrClIN2S. The molecule has 0 heterocycles.